The van der Waals surface area contributed by atoms with Crippen LogP contribution in [0.25, 0.3) is 0 Å². The van der Waals surface area contributed by atoms with Crippen LogP contribution < -0.4 is 0 Å². The molecule has 6 nitrogen and oxygen atoms in total. The second-order valence-corrected chi connectivity index (χ2v) is 26.6. The van der Waals surface area contributed by atoms with Crippen molar-refractivity contribution in [2.24, 2.45) is 34.7 Å². The van der Waals surface area contributed by atoms with Crippen LogP contribution in [0.5, 0.6) is 0 Å². The summed E-state index contributed by atoms with van der Waals surface area (Å²) in [6.07, 6.45) is 35.6. The zero-order valence-electron chi connectivity index (χ0n) is 41.5. The standard InChI is InChI=1S/C9H18O.C9H16O.C8H13NO2.C7H12O.C7H14.5C2H6.2HI.V/c2*1-2-9(10)8-6-4-3-5-7-8;10-8(6-9-11)7-4-2-1-3-5-7;8-6-7-4-2-1-3-5-7;1-7-5-3-2-4-6-7;5*1-2;;;/h8-10H,2-7H2,1H3;8H,2-7H2,1H3;6-7,11H,1-5H2;6-7H,1-5H2;7H,2-6H2,1H3;5*1-2H3;2*1H;/q;;;;;;;;;;;;+2/p-2. The molecule has 0 aliphatic heterocycles. The van der Waals surface area contributed by atoms with Gasteiger partial charge < -0.3 is 15.1 Å². The first-order valence-corrected chi connectivity index (χ1v) is 34.1. The van der Waals surface area contributed by atoms with Gasteiger partial charge in [-0.3, -0.25) is 9.59 Å². The van der Waals surface area contributed by atoms with Crippen LogP contribution in [-0.4, -0.2) is 40.5 Å². The minimum atomic E-state index is -0.0211. The number of nitrogens with zero attached hydrogens (tertiary/aromatic N) is 1. The molecule has 1 unspecified atom stereocenters. The summed E-state index contributed by atoms with van der Waals surface area (Å²) in [6, 6.07) is 0. The minimum absolute atomic E-state index is 0.0136. The number of carbonyl (C=O) groups excluding carboxylic acids is 3. The number of Topliss-reactive ketones (excluding diaryl/α,β-unsaturated/α-hetero) is 2. The summed E-state index contributed by atoms with van der Waals surface area (Å²) in [7, 11) is 0.628. The van der Waals surface area contributed by atoms with E-state index in [9.17, 15) is 19.5 Å². The molecular weight excluding hydrogens is 999 g/mol. The van der Waals surface area contributed by atoms with Crippen molar-refractivity contribution in [1.29, 1.82) is 0 Å². The van der Waals surface area contributed by atoms with Crippen molar-refractivity contribution in [3.05, 3.63) is 0 Å². The third kappa shape index (κ3) is 49.4. The number of hydrogen-bond acceptors (Lipinski definition) is 6. The van der Waals surface area contributed by atoms with Gasteiger partial charge in [-0.25, -0.2) is 0 Å². The Kier molecular flexibility index (Phi) is 75.7. The molecule has 0 bridgehead atoms. The van der Waals surface area contributed by atoms with Crippen LogP contribution in [0.15, 0.2) is 5.16 Å². The van der Waals surface area contributed by atoms with Gasteiger partial charge in [0.05, 0.1) is 6.10 Å². The van der Waals surface area contributed by atoms with Gasteiger partial charge in [-0.2, -0.15) is 0 Å². The van der Waals surface area contributed by atoms with E-state index in [1.165, 1.54) is 109 Å². The van der Waals surface area contributed by atoms with E-state index in [4.69, 9.17) is 5.21 Å². The summed E-state index contributed by atoms with van der Waals surface area (Å²) in [6.45, 7) is 26.4. The third-order valence-corrected chi connectivity index (χ3v) is 10.9. The Morgan fingerprint density at radius 1 is 0.593 bits per heavy atom. The fourth-order valence-electron chi connectivity index (χ4n) is 7.69. The number of halogens is 2. The maximum absolute atomic E-state index is 11.2. The summed E-state index contributed by atoms with van der Waals surface area (Å²) in [5.74, 6) is 3.08. The molecular formula is C50H103I2NO5V. The van der Waals surface area contributed by atoms with Crippen LogP contribution in [0.1, 0.15) is 263 Å². The van der Waals surface area contributed by atoms with E-state index in [0.29, 0.717) is 33.0 Å². The zero-order chi connectivity index (χ0) is 46.5. The number of ketones is 2. The van der Waals surface area contributed by atoms with E-state index >= 15 is 0 Å². The molecule has 9 heteroatoms. The van der Waals surface area contributed by atoms with Gasteiger partial charge in [0.15, 0.2) is 5.78 Å². The van der Waals surface area contributed by atoms with Gasteiger partial charge in [-0.05, 0) is 69.6 Å². The summed E-state index contributed by atoms with van der Waals surface area (Å²) in [5.41, 5.74) is 0. The number of aliphatic hydroxyl groups is 1. The molecule has 5 saturated carbocycles. The molecule has 0 aromatic heterocycles. The first-order valence-electron chi connectivity index (χ1n) is 25.1. The zero-order valence-corrected chi connectivity index (χ0v) is 47.2. The van der Waals surface area contributed by atoms with Crippen molar-refractivity contribution in [1.82, 2.24) is 0 Å². The number of aldehydes is 1. The average molecular weight is 1100 g/mol. The fraction of sp³-hybridized carbons (Fsp3) is 0.920. The van der Waals surface area contributed by atoms with E-state index < -0.39 is 0 Å². The van der Waals surface area contributed by atoms with Crippen molar-refractivity contribution in [2.75, 3.05) is 0 Å². The molecule has 2 N–H and O–H groups in total. The molecule has 0 heterocycles. The molecule has 357 valence electrons. The van der Waals surface area contributed by atoms with Crippen molar-refractivity contribution in [3.8, 4) is 0 Å². The molecule has 0 radical (unpaired) electrons. The van der Waals surface area contributed by atoms with E-state index in [1.807, 2.05) is 76.2 Å². The molecule has 0 saturated heterocycles. The molecule has 0 amide bonds. The quantitative estimate of drug-likeness (QED) is 0.0869. The topological polar surface area (TPSA) is 104 Å². The van der Waals surface area contributed by atoms with E-state index in [2.05, 4.69) is 59.0 Å². The van der Waals surface area contributed by atoms with Crippen molar-refractivity contribution in [2.45, 2.75) is 269 Å². The van der Waals surface area contributed by atoms with Crippen molar-refractivity contribution < 1.29 is 34.2 Å². The van der Waals surface area contributed by atoms with Crippen molar-refractivity contribution in [3.63, 3.8) is 0 Å². The first-order chi connectivity index (χ1) is 28.8. The summed E-state index contributed by atoms with van der Waals surface area (Å²) in [4.78, 5) is 32.4. The molecule has 0 aromatic carbocycles. The third-order valence-electron chi connectivity index (χ3n) is 10.9. The van der Waals surface area contributed by atoms with Crippen LogP contribution in [0.3, 0.4) is 0 Å². The number of aliphatic hydroxyl groups excluding tert-OH is 1. The predicted molar refractivity (Wildman–Crippen MR) is 276 cm³/mol. The van der Waals surface area contributed by atoms with E-state index in [1.54, 1.807) is 0 Å². The van der Waals surface area contributed by atoms with Crippen LogP contribution >= 0.6 is 40.0 Å². The Labute approximate surface area is 399 Å². The molecule has 5 aliphatic carbocycles. The normalized spacial score (nSPS) is 18.4. The average Bonchev–Trinajstić information content (AvgIpc) is 3.34. The number of carbonyl (C=O) groups is 3. The second-order valence-electron chi connectivity index (χ2n) is 14.9. The summed E-state index contributed by atoms with van der Waals surface area (Å²) in [5, 5.41) is 20.3. The van der Waals surface area contributed by atoms with Gasteiger partial charge in [0.2, 0.25) is 0 Å². The molecule has 5 fully saturated rings. The van der Waals surface area contributed by atoms with Crippen molar-refractivity contribution >= 4 is 64.0 Å². The number of rotatable bonds is 7. The molecule has 0 aromatic rings. The number of oxime groups is 1. The number of hydrogen-bond donors (Lipinski definition) is 2. The van der Waals surface area contributed by atoms with Gasteiger partial charge in [0.25, 0.3) is 0 Å². The van der Waals surface area contributed by atoms with Gasteiger partial charge in [0, 0.05) is 24.2 Å². The van der Waals surface area contributed by atoms with E-state index in [-0.39, 0.29) is 17.8 Å². The Bertz CT molecular complexity index is 805. The van der Waals surface area contributed by atoms with Crippen LogP contribution in [0.2, 0.25) is 0 Å². The summed E-state index contributed by atoms with van der Waals surface area (Å²) >= 11 is 4.74. The second kappa shape index (κ2) is 62.8. The van der Waals surface area contributed by atoms with Gasteiger partial charge in [-0.1, -0.05) is 204 Å². The molecule has 1 atom stereocenters. The monoisotopic (exact) mass is 1100 g/mol. The Balaban J connectivity index is -0.000000139. The molecule has 0 spiro atoms. The maximum atomic E-state index is 11.2. The Morgan fingerprint density at radius 2 is 0.915 bits per heavy atom. The SMILES string of the molecule is CC.CC.CC.CC.CC.CC1CCCCC1.CCC(=O)C1CCCCC1.CCC(O)C1CCCCC1.O=C(C=NO)C1CCCCC1.O=CC1CCCCC1.[I][V][I]. The Morgan fingerprint density at radius 3 is 1.19 bits per heavy atom. The van der Waals surface area contributed by atoms with Gasteiger partial charge in [0.1, 0.15) is 18.3 Å². The van der Waals surface area contributed by atoms with Gasteiger partial charge >= 0.3 is 49.4 Å². The Hall–Kier alpha value is 0.484. The fourth-order valence-corrected chi connectivity index (χ4v) is 7.69. The first kappa shape index (κ1) is 71.1. The molecule has 5 rings (SSSR count). The predicted octanol–water partition coefficient (Wildman–Crippen LogP) is 17.7. The van der Waals surface area contributed by atoms with Crippen LogP contribution in [0, 0.1) is 29.6 Å². The molecule has 5 aliphatic rings. The summed E-state index contributed by atoms with van der Waals surface area (Å²) < 4.78 is 0. The van der Waals surface area contributed by atoms with E-state index in [0.717, 1.165) is 82.6 Å². The van der Waals surface area contributed by atoms with Crippen LogP contribution in [0.4, 0.5) is 0 Å². The molecule has 59 heavy (non-hydrogen) atoms. The van der Waals surface area contributed by atoms with Crippen LogP contribution in [-0.2, 0) is 23.8 Å². The van der Waals surface area contributed by atoms with Gasteiger partial charge in [-0.15, -0.1) is 0 Å².